The highest BCUT2D eigenvalue weighted by molar-refractivity contribution is 5.80. The minimum Gasteiger partial charge on any atom is -0.449 e. The molecular formula is C20H38O4. The third kappa shape index (κ3) is 19.0. The largest absolute Gasteiger partial charge is 0.513 e. The fourth-order valence-corrected chi connectivity index (χ4v) is 2.97. The Kier molecular flexibility index (Phi) is 17.5. The zero-order valence-electron chi connectivity index (χ0n) is 15.7. The molecule has 4 heteroatoms. The van der Waals surface area contributed by atoms with Crippen molar-refractivity contribution < 1.29 is 19.4 Å². The van der Waals surface area contributed by atoms with Gasteiger partial charge >= 0.3 is 12.1 Å². The van der Waals surface area contributed by atoms with Gasteiger partial charge in [0.15, 0.2) is 0 Å². The van der Waals surface area contributed by atoms with Gasteiger partial charge in [-0.1, -0.05) is 103 Å². The van der Waals surface area contributed by atoms with Crippen molar-refractivity contribution in [2.75, 3.05) is 0 Å². The summed E-state index contributed by atoms with van der Waals surface area (Å²) in [6.07, 6.45) is 19.2. The molecule has 0 aliphatic heterocycles. The number of carbonyl (C=O) groups excluding carboxylic acids is 1. The molecule has 0 aromatic heterocycles. The van der Waals surface area contributed by atoms with E-state index in [0.29, 0.717) is 0 Å². The standard InChI is InChI=1S/C20H38O4/c1-2-3-4-5-6-7-8-9-10-11-12-13-14-15-16-17-18-19(21)24-20(22)23/h2-18H2,1H3,(H,22,23). The summed E-state index contributed by atoms with van der Waals surface area (Å²) < 4.78 is 4.05. The van der Waals surface area contributed by atoms with Crippen LogP contribution in [0.1, 0.15) is 116 Å². The van der Waals surface area contributed by atoms with E-state index in [1.165, 1.54) is 83.5 Å². The maximum atomic E-state index is 11.0. The smallest absolute Gasteiger partial charge is 0.449 e. The lowest BCUT2D eigenvalue weighted by molar-refractivity contribution is -0.139. The Morgan fingerprint density at radius 3 is 1.29 bits per heavy atom. The number of unbranched alkanes of at least 4 members (excludes halogenated alkanes) is 15. The van der Waals surface area contributed by atoms with Crippen LogP contribution in [0.2, 0.25) is 0 Å². The zero-order valence-corrected chi connectivity index (χ0v) is 15.7. The number of hydrogen-bond donors (Lipinski definition) is 1. The number of carbonyl (C=O) groups is 2. The first kappa shape index (κ1) is 22.9. The number of rotatable bonds is 17. The van der Waals surface area contributed by atoms with Crippen LogP contribution in [0, 0.1) is 0 Å². The molecular weight excluding hydrogens is 304 g/mol. The van der Waals surface area contributed by atoms with Crippen LogP contribution in [0.3, 0.4) is 0 Å². The van der Waals surface area contributed by atoms with Crippen molar-refractivity contribution in [1.82, 2.24) is 0 Å². The molecule has 1 N–H and O–H groups in total. The lowest BCUT2D eigenvalue weighted by Crippen LogP contribution is -2.09. The minimum atomic E-state index is -1.50. The van der Waals surface area contributed by atoms with Crippen molar-refractivity contribution in [3.8, 4) is 0 Å². The molecule has 0 fully saturated rings. The Morgan fingerprint density at radius 2 is 0.958 bits per heavy atom. The molecule has 142 valence electrons. The van der Waals surface area contributed by atoms with E-state index in [0.717, 1.165) is 19.3 Å². The van der Waals surface area contributed by atoms with Gasteiger partial charge in [0.05, 0.1) is 0 Å². The molecule has 0 radical (unpaired) electrons. The number of esters is 1. The van der Waals surface area contributed by atoms with Crippen molar-refractivity contribution in [3.63, 3.8) is 0 Å². The maximum Gasteiger partial charge on any atom is 0.513 e. The topological polar surface area (TPSA) is 63.6 Å². The van der Waals surface area contributed by atoms with Crippen LogP contribution in [0.15, 0.2) is 0 Å². The van der Waals surface area contributed by atoms with Crippen LogP contribution < -0.4 is 0 Å². The summed E-state index contributed by atoms with van der Waals surface area (Å²) in [5.41, 5.74) is 0. The molecule has 0 bridgehead atoms. The predicted octanol–water partition coefficient (Wildman–Crippen LogP) is 6.86. The monoisotopic (exact) mass is 342 g/mol. The van der Waals surface area contributed by atoms with Crippen LogP contribution in [0.25, 0.3) is 0 Å². The van der Waals surface area contributed by atoms with Gasteiger partial charge < -0.3 is 9.84 Å². The molecule has 0 aromatic carbocycles. The van der Waals surface area contributed by atoms with Crippen molar-refractivity contribution >= 4 is 12.1 Å². The van der Waals surface area contributed by atoms with Crippen LogP contribution in [0.4, 0.5) is 4.79 Å². The lowest BCUT2D eigenvalue weighted by Gasteiger charge is -2.03. The lowest BCUT2D eigenvalue weighted by atomic mass is 10.0. The molecule has 4 nitrogen and oxygen atoms in total. The summed E-state index contributed by atoms with van der Waals surface area (Å²) in [4.78, 5) is 21.1. The molecule has 24 heavy (non-hydrogen) atoms. The van der Waals surface area contributed by atoms with Crippen molar-refractivity contribution in [3.05, 3.63) is 0 Å². The quantitative estimate of drug-likeness (QED) is 0.178. The number of carboxylic acid groups (broad SMARTS) is 1. The Labute approximate surface area is 148 Å². The minimum absolute atomic E-state index is 0.213. The van der Waals surface area contributed by atoms with Crippen molar-refractivity contribution in [2.45, 2.75) is 116 Å². The van der Waals surface area contributed by atoms with E-state index in [2.05, 4.69) is 11.7 Å². The molecule has 0 spiro atoms. The molecule has 0 saturated carbocycles. The molecule has 0 aromatic rings. The summed E-state index contributed by atoms with van der Waals surface area (Å²) in [6, 6.07) is 0. The van der Waals surface area contributed by atoms with Gasteiger partial charge in [-0.2, -0.15) is 0 Å². The van der Waals surface area contributed by atoms with Gasteiger partial charge in [0.25, 0.3) is 0 Å². The Bertz CT molecular complexity index is 302. The van der Waals surface area contributed by atoms with Gasteiger partial charge in [-0.3, -0.25) is 4.79 Å². The Balaban J connectivity index is 3.07. The van der Waals surface area contributed by atoms with Gasteiger partial charge in [-0.25, -0.2) is 4.79 Å². The van der Waals surface area contributed by atoms with Gasteiger partial charge in [0.1, 0.15) is 0 Å². The van der Waals surface area contributed by atoms with E-state index < -0.39 is 12.1 Å². The first-order valence-corrected chi connectivity index (χ1v) is 10.1. The first-order valence-electron chi connectivity index (χ1n) is 10.1. The summed E-state index contributed by atoms with van der Waals surface area (Å²) in [7, 11) is 0. The van der Waals surface area contributed by atoms with Crippen molar-refractivity contribution in [1.29, 1.82) is 0 Å². The van der Waals surface area contributed by atoms with Crippen LogP contribution in [-0.2, 0) is 9.53 Å². The highest BCUT2D eigenvalue weighted by Crippen LogP contribution is 2.14. The Hall–Kier alpha value is -1.06. The fourth-order valence-electron chi connectivity index (χ4n) is 2.97. The second kappa shape index (κ2) is 18.3. The van der Waals surface area contributed by atoms with Crippen LogP contribution >= 0.6 is 0 Å². The molecule has 0 unspecified atom stereocenters. The SMILES string of the molecule is CCCCCCCCCCCCCCCCCCC(=O)OC(=O)O. The van der Waals surface area contributed by atoms with Gasteiger partial charge in [0.2, 0.25) is 0 Å². The molecule has 0 amide bonds. The van der Waals surface area contributed by atoms with Crippen molar-refractivity contribution in [2.24, 2.45) is 0 Å². The Morgan fingerprint density at radius 1 is 0.625 bits per heavy atom. The average molecular weight is 343 g/mol. The number of hydrogen-bond acceptors (Lipinski definition) is 3. The predicted molar refractivity (Wildman–Crippen MR) is 98.3 cm³/mol. The molecule has 0 aliphatic rings. The normalized spacial score (nSPS) is 10.7. The highest BCUT2D eigenvalue weighted by Gasteiger charge is 2.07. The fraction of sp³-hybridized carbons (Fsp3) is 0.900. The summed E-state index contributed by atoms with van der Waals surface area (Å²) in [5.74, 6) is -0.632. The molecule has 0 heterocycles. The third-order valence-electron chi connectivity index (χ3n) is 4.44. The van der Waals surface area contributed by atoms with E-state index >= 15 is 0 Å². The molecule has 0 saturated heterocycles. The van der Waals surface area contributed by atoms with Gasteiger partial charge in [0, 0.05) is 6.42 Å². The third-order valence-corrected chi connectivity index (χ3v) is 4.44. The summed E-state index contributed by atoms with van der Waals surface area (Å²) in [6.45, 7) is 2.26. The first-order chi connectivity index (χ1) is 11.7. The summed E-state index contributed by atoms with van der Waals surface area (Å²) in [5, 5.41) is 8.28. The second-order valence-corrected chi connectivity index (χ2v) is 6.79. The average Bonchev–Trinajstić information content (AvgIpc) is 2.53. The number of ether oxygens (including phenoxy) is 1. The summed E-state index contributed by atoms with van der Waals surface area (Å²) >= 11 is 0. The molecule has 0 aliphatic carbocycles. The van der Waals surface area contributed by atoms with E-state index in [9.17, 15) is 9.59 Å². The zero-order chi connectivity index (χ0) is 17.9. The van der Waals surface area contributed by atoms with E-state index in [1.807, 2.05) is 0 Å². The molecule has 0 atom stereocenters. The van der Waals surface area contributed by atoms with E-state index in [4.69, 9.17) is 5.11 Å². The highest BCUT2D eigenvalue weighted by atomic mass is 16.7. The van der Waals surface area contributed by atoms with Gasteiger partial charge in [-0.15, -0.1) is 0 Å². The van der Waals surface area contributed by atoms with Gasteiger partial charge in [-0.05, 0) is 6.42 Å². The second-order valence-electron chi connectivity index (χ2n) is 6.79. The van der Waals surface area contributed by atoms with Crippen LogP contribution in [0.5, 0.6) is 0 Å². The van der Waals surface area contributed by atoms with Crippen LogP contribution in [-0.4, -0.2) is 17.2 Å². The van der Waals surface area contributed by atoms with E-state index in [1.54, 1.807) is 0 Å². The maximum absolute atomic E-state index is 11.0. The van der Waals surface area contributed by atoms with E-state index in [-0.39, 0.29) is 6.42 Å². The molecule has 0 rings (SSSR count).